The molecule has 37 heavy (non-hydrogen) atoms. The van der Waals surface area contributed by atoms with Crippen LogP contribution in [0.4, 0.5) is 17.1 Å². The monoisotopic (exact) mass is 516 g/mol. The van der Waals surface area contributed by atoms with E-state index in [1.165, 1.54) is 6.20 Å². The SMILES string of the molecule is CCOc1cc2ncc(C#N)c(Nc3ccc(OCc4ccccn4)c(Cl)c3)c2cc1NC(=O)C(N)=O. The molecule has 2 aromatic heterocycles. The molecular formula is C26H21ClN6O4. The number of hydrogen-bond acceptors (Lipinski definition) is 8. The predicted octanol–water partition coefficient (Wildman–Crippen LogP) is 4.30. The molecule has 2 amide bonds. The number of rotatable bonds is 8. The summed E-state index contributed by atoms with van der Waals surface area (Å²) in [6.45, 7) is 2.33. The van der Waals surface area contributed by atoms with Gasteiger partial charge in [-0.15, -0.1) is 0 Å². The van der Waals surface area contributed by atoms with Crippen LogP contribution in [0.5, 0.6) is 11.5 Å². The Bertz CT molecular complexity index is 1520. The Morgan fingerprint density at radius 2 is 1.95 bits per heavy atom. The van der Waals surface area contributed by atoms with E-state index in [9.17, 15) is 14.9 Å². The zero-order valence-electron chi connectivity index (χ0n) is 19.6. The highest BCUT2D eigenvalue weighted by Gasteiger charge is 2.18. The molecule has 0 aliphatic carbocycles. The highest BCUT2D eigenvalue weighted by atomic mass is 35.5. The van der Waals surface area contributed by atoms with Crippen molar-refractivity contribution in [3.63, 3.8) is 0 Å². The number of primary amides is 1. The second-order valence-electron chi connectivity index (χ2n) is 7.66. The van der Waals surface area contributed by atoms with Crippen LogP contribution in [0, 0.1) is 11.3 Å². The molecule has 2 aromatic carbocycles. The lowest BCUT2D eigenvalue weighted by molar-refractivity contribution is -0.134. The second-order valence-corrected chi connectivity index (χ2v) is 8.06. The summed E-state index contributed by atoms with van der Waals surface area (Å²) in [6, 6.07) is 15.9. The first-order chi connectivity index (χ1) is 17.9. The minimum absolute atomic E-state index is 0.203. The number of nitriles is 1. The molecule has 0 saturated carbocycles. The quantitative estimate of drug-likeness (QED) is 0.293. The van der Waals surface area contributed by atoms with Crippen LogP contribution in [-0.2, 0) is 16.2 Å². The Hall–Kier alpha value is -4.88. The summed E-state index contributed by atoms with van der Waals surface area (Å²) < 4.78 is 11.4. The van der Waals surface area contributed by atoms with E-state index in [2.05, 4.69) is 26.7 Å². The molecule has 186 valence electrons. The Morgan fingerprint density at radius 3 is 2.62 bits per heavy atom. The van der Waals surface area contributed by atoms with Crippen LogP contribution in [-0.4, -0.2) is 28.4 Å². The molecule has 0 radical (unpaired) electrons. The lowest BCUT2D eigenvalue weighted by Crippen LogP contribution is -2.29. The maximum Gasteiger partial charge on any atom is 0.313 e. The molecule has 4 aromatic rings. The van der Waals surface area contributed by atoms with Crippen LogP contribution < -0.4 is 25.8 Å². The van der Waals surface area contributed by atoms with Gasteiger partial charge in [0.05, 0.1) is 39.8 Å². The summed E-state index contributed by atoms with van der Waals surface area (Å²) in [5, 5.41) is 16.2. The van der Waals surface area contributed by atoms with Gasteiger partial charge in [-0.1, -0.05) is 17.7 Å². The van der Waals surface area contributed by atoms with Gasteiger partial charge in [-0.25, -0.2) is 0 Å². The number of nitrogens with zero attached hydrogens (tertiary/aromatic N) is 3. The number of hydrogen-bond donors (Lipinski definition) is 3. The van der Waals surface area contributed by atoms with E-state index < -0.39 is 11.8 Å². The summed E-state index contributed by atoms with van der Waals surface area (Å²) >= 11 is 6.45. The van der Waals surface area contributed by atoms with Crippen molar-refractivity contribution in [3.05, 3.63) is 77.2 Å². The third-order valence-electron chi connectivity index (χ3n) is 5.16. The molecular weight excluding hydrogens is 496 g/mol. The first-order valence-electron chi connectivity index (χ1n) is 11.1. The zero-order chi connectivity index (χ0) is 26.4. The predicted molar refractivity (Wildman–Crippen MR) is 139 cm³/mol. The van der Waals surface area contributed by atoms with Gasteiger partial charge in [0.1, 0.15) is 24.2 Å². The summed E-state index contributed by atoms with van der Waals surface area (Å²) in [5.74, 6) is -1.39. The average Bonchev–Trinajstić information content (AvgIpc) is 2.89. The number of aromatic nitrogens is 2. The fourth-order valence-electron chi connectivity index (χ4n) is 3.47. The van der Waals surface area contributed by atoms with Crippen molar-refractivity contribution in [1.29, 1.82) is 5.26 Å². The molecule has 4 rings (SSSR count). The van der Waals surface area contributed by atoms with Crippen molar-refractivity contribution in [2.75, 3.05) is 17.2 Å². The first kappa shape index (κ1) is 25.2. The smallest absolute Gasteiger partial charge is 0.313 e. The topological polar surface area (TPSA) is 152 Å². The first-order valence-corrected chi connectivity index (χ1v) is 11.5. The number of halogens is 1. The number of amides is 2. The van der Waals surface area contributed by atoms with Gasteiger partial charge >= 0.3 is 11.8 Å². The Morgan fingerprint density at radius 1 is 1.11 bits per heavy atom. The molecule has 10 nitrogen and oxygen atoms in total. The Labute approximate surface area is 217 Å². The Kier molecular flexibility index (Phi) is 7.66. The van der Waals surface area contributed by atoms with Crippen molar-refractivity contribution in [2.45, 2.75) is 13.5 Å². The van der Waals surface area contributed by atoms with Crippen LogP contribution in [0.1, 0.15) is 18.2 Å². The summed E-state index contributed by atoms with van der Waals surface area (Å²) in [6.07, 6.45) is 3.11. The fourth-order valence-corrected chi connectivity index (χ4v) is 3.71. The molecule has 0 spiro atoms. The highest BCUT2D eigenvalue weighted by molar-refractivity contribution is 6.39. The summed E-state index contributed by atoms with van der Waals surface area (Å²) in [5.41, 5.74) is 7.79. The van der Waals surface area contributed by atoms with E-state index in [0.717, 1.165) is 5.69 Å². The van der Waals surface area contributed by atoms with Crippen molar-refractivity contribution in [2.24, 2.45) is 5.73 Å². The standard InChI is InChI=1S/C26H21ClN6O4/c1-2-36-23-11-20-18(10-21(23)33-26(35)25(29)34)24(15(12-28)13-31-20)32-16-6-7-22(19(27)9-16)37-14-17-5-3-4-8-30-17/h3-11,13H,2,14H2,1H3,(H2,29,34)(H,31,32)(H,33,35). The number of anilines is 3. The number of nitrogens with two attached hydrogens (primary N) is 1. The van der Waals surface area contributed by atoms with Gasteiger partial charge in [-0.2, -0.15) is 5.26 Å². The summed E-state index contributed by atoms with van der Waals surface area (Å²) in [7, 11) is 0. The van der Waals surface area contributed by atoms with Gasteiger partial charge in [-0.3, -0.25) is 19.6 Å². The molecule has 0 aliphatic heterocycles. The second kappa shape index (κ2) is 11.2. The lowest BCUT2D eigenvalue weighted by atomic mass is 10.1. The van der Waals surface area contributed by atoms with E-state index in [4.69, 9.17) is 26.8 Å². The van der Waals surface area contributed by atoms with E-state index in [1.807, 2.05) is 18.2 Å². The molecule has 0 bridgehead atoms. The maximum atomic E-state index is 12.0. The highest BCUT2D eigenvalue weighted by Crippen LogP contribution is 2.37. The van der Waals surface area contributed by atoms with Crippen LogP contribution in [0.2, 0.25) is 5.02 Å². The number of nitrogens with one attached hydrogen (secondary N) is 2. The number of pyridine rings is 2. The zero-order valence-corrected chi connectivity index (χ0v) is 20.4. The van der Waals surface area contributed by atoms with Gasteiger partial charge in [0, 0.05) is 29.5 Å². The van der Waals surface area contributed by atoms with Crippen molar-refractivity contribution < 1.29 is 19.1 Å². The molecule has 11 heteroatoms. The number of benzene rings is 2. The molecule has 0 aliphatic rings. The van der Waals surface area contributed by atoms with Crippen LogP contribution in [0.25, 0.3) is 10.9 Å². The van der Waals surface area contributed by atoms with E-state index in [0.29, 0.717) is 45.4 Å². The largest absolute Gasteiger partial charge is 0.492 e. The van der Waals surface area contributed by atoms with E-state index in [1.54, 1.807) is 43.5 Å². The van der Waals surface area contributed by atoms with Crippen LogP contribution in [0.15, 0.2) is 60.9 Å². The van der Waals surface area contributed by atoms with E-state index in [-0.39, 0.29) is 17.9 Å². The van der Waals surface area contributed by atoms with Gasteiger partial charge in [-0.05, 0) is 43.3 Å². The molecule has 0 unspecified atom stereocenters. The van der Waals surface area contributed by atoms with Gasteiger partial charge in [0.2, 0.25) is 0 Å². The third-order valence-corrected chi connectivity index (χ3v) is 5.46. The average molecular weight is 517 g/mol. The van der Waals surface area contributed by atoms with Crippen LogP contribution in [0.3, 0.4) is 0 Å². The normalized spacial score (nSPS) is 10.4. The van der Waals surface area contributed by atoms with Gasteiger partial charge in [0.25, 0.3) is 0 Å². The Balaban J connectivity index is 1.68. The molecule has 2 heterocycles. The number of fused-ring (bicyclic) bond motifs is 1. The minimum Gasteiger partial charge on any atom is -0.492 e. The van der Waals surface area contributed by atoms with Crippen LogP contribution >= 0.6 is 11.6 Å². The number of ether oxygens (including phenoxy) is 2. The lowest BCUT2D eigenvalue weighted by Gasteiger charge is -2.16. The van der Waals surface area contributed by atoms with Crippen molar-refractivity contribution in [1.82, 2.24) is 9.97 Å². The number of carbonyl (C=O) groups excluding carboxylic acids is 2. The third kappa shape index (κ3) is 5.86. The number of carbonyl (C=O) groups is 2. The molecule has 0 atom stereocenters. The molecule has 4 N–H and O–H groups in total. The summed E-state index contributed by atoms with van der Waals surface area (Å²) in [4.78, 5) is 31.8. The van der Waals surface area contributed by atoms with E-state index >= 15 is 0 Å². The van der Waals surface area contributed by atoms with Gasteiger partial charge in [0.15, 0.2) is 0 Å². The maximum absolute atomic E-state index is 12.0. The van der Waals surface area contributed by atoms with Gasteiger partial charge < -0.3 is 25.8 Å². The minimum atomic E-state index is -1.15. The molecule has 0 saturated heterocycles. The fraction of sp³-hybridized carbons (Fsp3) is 0.115. The van der Waals surface area contributed by atoms with Crippen molar-refractivity contribution >= 4 is 51.4 Å². The molecule has 0 fully saturated rings. The van der Waals surface area contributed by atoms with Crippen molar-refractivity contribution in [3.8, 4) is 17.6 Å².